The van der Waals surface area contributed by atoms with Gasteiger partial charge in [-0.1, -0.05) is 0 Å². The summed E-state index contributed by atoms with van der Waals surface area (Å²) in [5.41, 5.74) is 0. The summed E-state index contributed by atoms with van der Waals surface area (Å²) in [7, 11) is 1.79. The quantitative estimate of drug-likeness (QED) is 0.378. The number of rotatable bonds is 5. The van der Waals surface area contributed by atoms with Crippen LogP contribution in [0.15, 0.2) is 34.2 Å². The number of halogens is 1. The molecule has 2 fully saturated rings. The number of aliphatic imine (C=N–C) groups is 1. The molecule has 3 atom stereocenters. The molecule has 0 saturated carbocycles. The number of guanidine groups is 1. The van der Waals surface area contributed by atoms with E-state index < -0.39 is 0 Å². The SMILES string of the molecule is CN=C(NCCSc1ccc(F)cc1)NC1CC2CCC1O2. The summed E-state index contributed by atoms with van der Waals surface area (Å²) in [5.74, 6) is 1.54. The minimum Gasteiger partial charge on any atom is -0.373 e. The van der Waals surface area contributed by atoms with Gasteiger partial charge < -0.3 is 15.4 Å². The molecule has 2 aliphatic rings. The lowest BCUT2D eigenvalue weighted by atomic mass is 9.96. The molecule has 2 heterocycles. The number of nitrogens with zero attached hydrogens (tertiary/aromatic N) is 1. The summed E-state index contributed by atoms with van der Waals surface area (Å²) >= 11 is 1.70. The normalized spacial score (nSPS) is 27.2. The Morgan fingerprint density at radius 1 is 1.36 bits per heavy atom. The molecule has 4 nitrogen and oxygen atoms in total. The van der Waals surface area contributed by atoms with E-state index in [0.29, 0.717) is 18.2 Å². The van der Waals surface area contributed by atoms with Crippen LogP contribution < -0.4 is 10.6 Å². The van der Waals surface area contributed by atoms with Gasteiger partial charge in [-0.25, -0.2) is 4.39 Å². The summed E-state index contributed by atoms with van der Waals surface area (Å²) in [4.78, 5) is 5.35. The van der Waals surface area contributed by atoms with Crippen LogP contribution in [-0.2, 0) is 4.74 Å². The highest BCUT2D eigenvalue weighted by molar-refractivity contribution is 7.99. The van der Waals surface area contributed by atoms with Gasteiger partial charge in [-0.05, 0) is 43.5 Å². The monoisotopic (exact) mass is 323 g/mol. The second-order valence-corrected chi connectivity index (χ2v) is 6.83. The van der Waals surface area contributed by atoms with Crippen LogP contribution >= 0.6 is 11.8 Å². The Balaban J connectivity index is 1.37. The molecule has 3 rings (SSSR count). The Morgan fingerprint density at radius 2 is 2.18 bits per heavy atom. The maximum absolute atomic E-state index is 12.8. The predicted octanol–water partition coefficient (Wildman–Crippen LogP) is 2.40. The molecule has 2 N–H and O–H groups in total. The van der Waals surface area contributed by atoms with Crippen LogP contribution in [0.25, 0.3) is 0 Å². The van der Waals surface area contributed by atoms with E-state index in [4.69, 9.17) is 4.74 Å². The van der Waals surface area contributed by atoms with Gasteiger partial charge in [-0.2, -0.15) is 0 Å². The highest BCUT2D eigenvalue weighted by Crippen LogP contribution is 2.34. The molecule has 0 amide bonds. The molecule has 2 bridgehead atoms. The summed E-state index contributed by atoms with van der Waals surface area (Å²) in [5, 5.41) is 6.78. The van der Waals surface area contributed by atoms with Crippen LogP contribution in [-0.4, -0.2) is 43.6 Å². The number of fused-ring (bicyclic) bond motifs is 2. The largest absolute Gasteiger partial charge is 0.373 e. The van der Waals surface area contributed by atoms with Gasteiger partial charge in [0.1, 0.15) is 5.82 Å². The van der Waals surface area contributed by atoms with E-state index in [2.05, 4.69) is 15.6 Å². The summed E-state index contributed by atoms with van der Waals surface area (Å²) in [6.07, 6.45) is 4.21. The highest BCUT2D eigenvalue weighted by Gasteiger charge is 2.41. The number of hydrogen-bond acceptors (Lipinski definition) is 3. The molecule has 0 aliphatic carbocycles. The Labute approximate surface area is 134 Å². The summed E-state index contributed by atoms with van der Waals surface area (Å²) in [6, 6.07) is 6.98. The van der Waals surface area contributed by atoms with Crippen LogP contribution in [0.3, 0.4) is 0 Å². The molecule has 1 aromatic rings. The van der Waals surface area contributed by atoms with Crippen molar-refractivity contribution in [3.05, 3.63) is 30.1 Å². The second-order valence-electron chi connectivity index (χ2n) is 5.66. The van der Waals surface area contributed by atoms with Crippen molar-refractivity contribution in [3.8, 4) is 0 Å². The molecule has 22 heavy (non-hydrogen) atoms. The second kappa shape index (κ2) is 7.33. The van der Waals surface area contributed by atoms with E-state index in [9.17, 15) is 4.39 Å². The topological polar surface area (TPSA) is 45.7 Å². The third-order valence-electron chi connectivity index (χ3n) is 4.13. The number of hydrogen-bond donors (Lipinski definition) is 2. The average Bonchev–Trinajstić information content (AvgIpc) is 3.14. The molecule has 3 unspecified atom stereocenters. The van der Waals surface area contributed by atoms with E-state index in [-0.39, 0.29) is 5.82 Å². The molecular weight excluding hydrogens is 301 g/mol. The minimum absolute atomic E-state index is 0.194. The van der Waals surface area contributed by atoms with Crippen LogP contribution in [0.5, 0.6) is 0 Å². The smallest absolute Gasteiger partial charge is 0.191 e. The van der Waals surface area contributed by atoms with Gasteiger partial charge >= 0.3 is 0 Å². The minimum atomic E-state index is -0.194. The van der Waals surface area contributed by atoms with Crippen molar-refractivity contribution in [2.24, 2.45) is 4.99 Å². The van der Waals surface area contributed by atoms with Gasteiger partial charge in [-0.15, -0.1) is 11.8 Å². The van der Waals surface area contributed by atoms with Crippen molar-refractivity contribution in [1.82, 2.24) is 10.6 Å². The van der Waals surface area contributed by atoms with E-state index in [0.717, 1.165) is 36.0 Å². The zero-order chi connectivity index (χ0) is 15.4. The molecule has 120 valence electrons. The van der Waals surface area contributed by atoms with Gasteiger partial charge in [0.05, 0.1) is 18.2 Å². The van der Waals surface area contributed by atoms with Crippen molar-refractivity contribution >= 4 is 17.7 Å². The lowest BCUT2D eigenvalue weighted by Gasteiger charge is -2.22. The lowest BCUT2D eigenvalue weighted by molar-refractivity contribution is 0.0992. The Hall–Kier alpha value is -1.27. The number of thioether (sulfide) groups is 1. The van der Waals surface area contributed by atoms with Gasteiger partial charge in [0.25, 0.3) is 0 Å². The fourth-order valence-corrected chi connectivity index (χ4v) is 3.80. The van der Waals surface area contributed by atoms with Gasteiger partial charge in [-0.3, -0.25) is 4.99 Å². The first-order chi connectivity index (χ1) is 10.7. The number of ether oxygens (including phenoxy) is 1. The molecule has 2 aliphatic heterocycles. The maximum Gasteiger partial charge on any atom is 0.191 e. The van der Waals surface area contributed by atoms with Crippen LogP contribution in [0.1, 0.15) is 19.3 Å². The third kappa shape index (κ3) is 3.93. The van der Waals surface area contributed by atoms with Crippen molar-refractivity contribution < 1.29 is 9.13 Å². The van der Waals surface area contributed by atoms with Crippen molar-refractivity contribution in [1.29, 1.82) is 0 Å². The Kier molecular flexibility index (Phi) is 5.20. The van der Waals surface area contributed by atoms with Crippen molar-refractivity contribution in [2.45, 2.75) is 42.4 Å². The Morgan fingerprint density at radius 3 is 2.82 bits per heavy atom. The van der Waals surface area contributed by atoms with E-state index in [1.165, 1.54) is 18.6 Å². The van der Waals surface area contributed by atoms with E-state index >= 15 is 0 Å². The summed E-state index contributed by atoms with van der Waals surface area (Å²) in [6.45, 7) is 0.809. The molecule has 1 aromatic carbocycles. The predicted molar refractivity (Wildman–Crippen MR) is 87.9 cm³/mol. The Bertz CT molecular complexity index is 523. The fraction of sp³-hybridized carbons (Fsp3) is 0.562. The molecule has 0 spiro atoms. The van der Waals surface area contributed by atoms with E-state index in [1.54, 1.807) is 30.9 Å². The number of benzene rings is 1. The highest BCUT2D eigenvalue weighted by atomic mass is 32.2. The first-order valence-electron chi connectivity index (χ1n) is 7.75. The van der Waals surface area contributed by atoms with Crippen molar-refractivity contribution in [3.63, 3.8) is 0 Å². The zero-order valence-electron chi connectivity index (χ0n) is 12.7. The molecular formula is C16H22FN3OS. The van der Waals surface area contributed by atoms with E-state index in [1.807, 2.05) is 0 Å². The van der Waals surface area contributed by atoms with Gasteiger partial charge in [0, 0.05) is 24.2 Å². The zero-order valence-corrected chi connectivity index (χ0v) is 13.5. The molecule has 6 heteroatoms. The standard InChI is InChI=1S/C16H22FN3OS/c1-18-16(20-14-10-12-4-7-15(14)21-12)19-8-9-22-13-5-2-11(17)3-6-13/h2-3,5-6,12,14-15H,4,7-10H2,1H3,(H2,18,19,20). The lowest BCUT2D eigenvalue weighted by Crippen LogP contribution is -2.47. The molecule has 2 saturated heterocycles. The summed E-state index contributed by atoms with van der Waals surface area (Å²) < 4.78 is 18.7. The first kappa shape index (κ1) is 15.6. The van der Waals surface area contributed by atoms with Gasteiger partial charge in [0.15, 0.2) is 5.96 Å². The average molecular weight is 323 g/mol. The fourth-order valence-electron chi connectivity index (χ4n) is 3.03. The third-order valence-corrected chi connectivity index (χ3v) is 5.14. The van der Waals surface area contributed by atoms with Crippen molar-refractivity contribution in [2.75, 3.05) is 19.3 Å². The van der Waals surface area contributed by atoms with Crippen LogP contribution in [0.4, 0.5) is 4.39 Å². The van der Waals surface area contributed by atoms with Gasteiger partial charge in [0.2, 0.25) is 0 Å². The maximum atomic E-state index is 12.8. The first-order valence-corrected chi connectivity index (χ1v) is 8.74. The molecule has 0 radical (unpaired) electrons. The van der Waals surface area contributed by atoms with Crippen LogP contribution in [0.2, 0.25) is 0 Å². The number of nitrogens with one attached hydrogen (secondary N) is 2. The van der Waals surface area contributed by atoms with Crippen LogP contribution in [0, 0.1) is 5.82 Å². The molecule has 0 aromatic heterocycles.